The number of alkyl halides is 2. The Hall–Kier alpha value is -2.89. The lowest BCUT2D eigenvalue weighted by Crippen LogP contribution is -2.25. The first-order chi connectivity index (χ1) is 13.8. The van der Waals surface area contributed by atoms with Crippen LogP contribution < -0.4 is 20.5 Å². The van der Waals surface area contributed by atoms with Gasteiger partial charge < -0.3 is 25.1 Å². The molecule has 2 heterocycles. The van der Waals surface area contributed by atoms with Crippen LogP contribution in [0.2, 0.25) is 0 Å². The number of benzene rings is 1. The van der Waals surface area contributed by atoms with E-state index in [-0.39, 0.29) is 35.6 Å². The number of thioether (sulfide) groups is 1. The number of hydrogen-bond acceptors (Lipinski definition) is 7. The van der Waals surface area contributed by atoms with E-state index in [1.165, 1.54) is 30.0 Å². The Morgan fingerprint density at radius 2 is 2.03 bits per heavy atom. The second-order valence-corrected chi connectivity index (χ2v) is 7.57. The lowest BCUT2D eigenvalue weighted by atomic mass is 10.3. The zero-order valence-electron chi connectivity index (χ0n) is 15.1. The van der Waals surface area contributed by atoms with Crippen LogP contribution in [-0.2, 0) is 16.0 Å². The molecule has 0 saturated heterocycles. The van der Waals surface area contributed by atoms with Crippen molar-refractivity contribution in [3.8, 4) is 11.5 Å². The van der Waals surface area contributed by atoms with E-state index >= 15 is 0 Å². The maximum atomic E-state index is 13.1. The lowest BCUT2D eigenvalue weighted by Gasteiger charge is -2.09. The van der Waals surface area contributed by atoms with Crippen LogP contribution in [0.1, 0.15) is 31.1 Å². The first-order valence-electron chi connectivity index (χ1n) is 8.85. The molecule has 0 unspecified atom stereocenters. The Morgan fingerprint density at radius 3 is 2.76 bits per heavy atom. The minimum absolute atomic E-state index is 0.0469. The predicted octanol–water partition coefficient (Wildman–Crippen LogP) is 2.08. The highest BCUT2D eigenvalue weighted by Gasteiger charge is 2.43. The van der Waals surface area contributed by atoms with Crippen molar-refractivity contribution in [3.05, 3.63) is 24.0 Å². The van der Waals surface area contributed by atoms with Crippen molar-refractivity contribution in [1.82, 2.24) is 14.8 Å². The largest absolute Gasteiger partial charge is 0.586 e. The Kier molecular flexibility index (Phi) is 5.03. The van der Waals surface area contributed by atoms with Crippen molar-refractivity contribution in [2.45, 2.75) is 43.2 Å². The van der Waals surface area contributed by atoms with Crippen LogP contribution in [0.3, 0.4) is 0 Å². The van der Waals surface area contributed by atoms with Gasteiger partial charge in [-0.25, -0.2) is 0 Å². The molecule has 9 nitrogen and oxygen atoms in total. The van der Waals surface area contributed by atoms with E-state index < -0.39 is 12.2 Å². The van der Waals surface area contributed by atoms with E-state index in [4.69, 9.17) is 5.73 Å². The van der Waals surface area contributed by atoms with Gasteiger partial charge in [-0.05, 0) is 25.0 Å². The number of halogens is 2. The van der Waals surface area contributed by atoms with Crippen LogP contribution in [0.25, 0.3) is 0 Å². The van der Waals surface area contributed by atoms with Gasteiger partial charge >= 0.3 is 6.29 Å². The van der Waals surface area contributed by atoms with Crippen LogP contribution >= 0.6 is 11.8 Å². The number of carbonyl (C=O) groups is 2. The first kappa shape index (κ1) is 19.4. The highest BCUT2D eigenvalue weighted by molar-refractivity contribution is 7.99. The van der Waals surface area contributed by atoms with Crippen molar-refractivity contribution in [2.75, 3.05) is 11.1 Å². The number of fused-ring (bicyclic) bond motifs is 1. The van der Waals surface area contributed by atoms with Gasteiger partial charge in [-0.2, -0.15) is 0 Å². The second-order valence-electron chi connectivity index (χ2n) is 6.63. The summed E-state index contributed by atoms with van der Waals surface area (Å²) in [5, 5.41) is 11.4. The number of rotatable bonds is 8. The zero-order chi connectivity index (χ0) is 20.6. The van der Waals surface area contributed by atoms with Crippen LogP contribution in [0.4, 0.5) is 14.5 Å². The number of carbonyl (C=O) groups excluding carboxylic acids is 2. The number of aryl methyl sites for hydroxylation is 1. The van der Waals surface area contributed by atoms with Gasteiger partial charge in [0, 0.05) is 30.6 Å². The topological polar surface area (TPSA) is 121 Å². The lowest BCUT2D eigenvalue weighted by molar-refractivity contribution is -0.286. The standard InChI is InChI=1S/C17H17F2N5O4S/c18-17(19)27-11-4-1-9(7-12(11)28-17)21-15(26)8-29-16-23-22-14(6-5-13(20)25)24(16)10-2-3-10/h1,4,7,10H,2-3,5-6,8H2,(H2,20,25)(H,21,26). The number of anilines is 1. The smallest absolute Gasteiger partial charge is 0.395 e. The summed E-state index contributed by atoms with van der Waals surface area (Å²) in [5.41, 5.74) is 5.50. The van der Waals surface area contributed by atoms with Crippen LogP contribution in [0.15, 0.2) is 23.4 Å². The first-order valence-corrected chi connectivity index (χ1v) is 9.84. The summed E-state index contributed by atoms with van der Waals surface area (Å²) in [4.78, 5) is 23.3. The fourth-order valence-corrected chi connectivity index (χ4v) is 3.69. The number of nitrogens with one attached hydrogen (secondary N) is 1. The highest BCUT2D eigenvalue weighted by Crippen LogP contribution is 2.42. The zero-order valence-corrected chi connectivity index (χ0v) is 15.9. The average molecular weight is 425 g/mol. The van der Waals surface area contributed by atoms with Crippen molar-refractivity contribution in [2.24, 2.45) is 5.73 Å². The number of ether oxygens (including phenoxy) is 2. The van der Waals surface area contributed by atoms with E-state index in [2.05, 4.69) is 25.0 Å². The third-order valence-corrected chi connectivity index (χ3v) is 5.20. The second kappa shape index (κ2) is 7.50. The molecule has 12 heteroatoms. The molecule has 2 amide bonds. The van der Waals surface area contributed by atoms with E-state index in [1.807, 2.05) is 4.57 Å². The summed E-state index contributed by atoms with van der Waals surface area (Å²) in [7, 11) is 0. The van der Waals surface area contributed by atoms with Gasteiger partial charge in [0.1, 0.15) is 5.82 Å². The molecule has 29 heavy (non-hydrogen) atoms. The summed E-state index contributed by atoms with van der Waals surface area (Å²) < 4.78 is 36.8. The van der Waals surface area contributed by atoms with Crippen molar-refractivity contribution in [1.29, 1.82) is 0 Å². The SMILES string of the molecule is NC(=O)CCc1nnc(SCC(=O)Nc2ccc3c(c2)OC(F)(F)O3)n1C1CC1. The Balaban J connectivity index is 1.36. The quantitative estimate of drug-likeness (QED) is 0.621. The van der Waals surface area contributed by atoms with Crippen LogP contribution in [0, 0.1) is 0 Å². The number of aromatic nitrogens is 3. The number of nitrogens with zero attached hydrogens (tertiary/aromatic N) is 3. The van der Waals surface area contributed by atoms with Gasteiger partial charge in [-0.3, -0.25) is 9.59 Å². The van der Waals surface area contributed by atoms with Crippen LogP contribution in [-0.4, -0.2) is 38.6 Å². The highest BCUT2D eigenvalue weighted by atomic mass is 32.2. The van der Waals surface area contributed by atoms with Gasteiger partial charge in [-0.15, -0.1) is 19.0 Å². The minimum atomic E-state index is -3.71. The molecule has 1 aliphatic carbocycles. The van der Waals surface area contributed by atoms with Gasteiger partial charge in [0.05, 0.1) is 5.75 Å². The van der Waals surface area contributed by atoms with Gasteiger partial charge in [0.15, 0.2) is 16.7 Å². The van der Waals surface area contributed by atoms with E-state index in [0.29, 0.717) is 23.1 Å². The van der Waals surface area contributed by atoms with Gasteiger partial charge in [0.2, 0.25) is 11.8 Å². The molecule has 1 aromatic heterocycles. The number of primary amides is 1. The summed E-state index contributed by atoms with van der Waals surface area (Å²) in [6, 6.07) is 4.29. The van der Waals surface area contributed by atoms with E-state index in [0.717, 1.165) is 12.8 Å². The molecule has 1 aromatic carbocycles. The molecule has 4 rings (SSSR count). The van der Waals surface area contributed by atoms with Crippen molar-refractivity contribution in [3.63, 3.8) is 0 Å². The molecular formula is C17H17F2N5O4S. The summed E-state index contributed by atoms with van der Waals surface area (Å²) >= 11 is 1.21. The molecule has 2 aromatic rings. The normalized spacial score (nSPS) is 16.6. The average Bonchev–Trinajstić information content (AvgIpc) is 3.31. The maximum Gasteiger partial charge on any atom is 0.586 e. The molecule has 1 saturated carbocycles. The summed E-state index contributed by atoms with van der Waals surface area (Å²) in [6.07, 6.45) is -1.15. The minimum Gasteiger partial charge on any atom is -0.395 e. The van der Waals surface area contributed by atoms with E-state index in [9.17, 15) is 18.4 Å². The summed E-state index contributed by atoms with van der Waals surface area (Å²) in [6.45, 7) is 0. The summed E-state index contributed by atoms with van der Waals surface area (Å²) in [5.74, 6) is -0.275. The molecule has 2 aliphatic rings. The Bertz CT molecular complexity index is 963. The maximum absolute atomic E-state index is 13.1. The molecule has 1 aliphatic heterocycles. The van der Waals surface area contributed by atoms with Crippen molar-refractivity contribution >= 4 is 29.3 Å². The third kappa shape index (κ3) is 4.58. The Labute approximate surface area is 167 Å². The molecule has 0 atom stereocenters. The molecule has 0 radical (unpaired) electrons. The number of hydrogen-bond donors (Lipinski definition) is 2. The number of nitrogens with two attached hydrogens (primary N) is 1. The van der Waals surface area contributed by atoms with Crippen LogP contribution in [0.5, 0.6) is 11.5 Å². The van der Waals surface area contributed by atoms with Gasteiger partial charge in [0.25, 0.3) is 0 Å². The number of amides is 2. The molecular weight excluding hydrogens is 408 g/mol. The predicted molar refractivity (Wildman–Crippen MR) is 97.8 cm³/mol. The molecule has 1 fully saturated rings. The molecule has 3 N–H and O–H groups in total. The fraction of sp³-hybridized carbons (Fsp3) is 0.412. The van der Waals surface area contributed by atoms with E-state index in [1.54, 1.807) is 0 Å². The molecule has 0 spiro atoms. The third-order valence-electron chi connectivity index (χ3n) is 4.26. The molecule has 154 valence electrons. The van der Waals surface area contributed by atoms with Gasteiger partial charge in [-0.1, -0.05) is 11.8 Å². The Morgan fingerprint density at radius 1 is 1.28 bits per heavy atom. The monoisotopic (exact) mass is 425 g/mol. The van der Waals surface area contributed by atoms with Crippen molar-refractivity contribution < 1.29 is 27.8 Å². The fourth-order valence-electron chi connectivity index (χ4n) is 2.86. The molecule has 0 bridgehead atoms.